The predicted molar refractivity (Wildman–Crippen MR) is 104 cm³/mol. The first-order chi connectivity index (χ1) is 12.2. The van der Waals surface area contributed by atoms with E-state index in [1.165, 1.54) is 5.56 Å². The van der Waals surface area contributed by atoms with Crippen LogP contribution in [0, 0.1) is 6.92 Å². The first-order valence-corrected chi connectivity index (χ1v) is 8.47. The van der Waals surface area contributed by atoms with Crippen molar-refractivity contribution in [2.75, 3.05) is 17.2 Å². The molecule has 0 aliphatic rings. The van der Waals surface area contributed by atoms with E-state index in [4.69, 9.17) is 0 Å². The van der Waals surface area contributed by atoms with Crippen molar-refractivity contribution >= 4 is 17.3 Å². The molecule has 0 aliphatic carbocycles. The van der Waals surface area contributed by atoms with Crippen molar-refractivity contribution in [2.24, 2.45) is 0 Å². The largest absolute Gasteiger partial charge is 0.385 e. The molecule has 0 fully saturated rings. The molecular formula is C22H22N2O. The molecule has 0 aromatic heterocycles. The number of rotatable bonds is 6. The fraction of sp³-hybridized carbons (Fsp3) is 0.136. The van der Waals surface area contributed by atoms with E-state index in [2.05, 4.69) is 34.9 Å². The molecule has 0 atom stereocenters. The van der Waals surface area contributed by atoms with Crippen LogP contribution in [0.2, 0.25) is 0 Å². The van der Waals surface area contributed by atoms with Crippen LogP contribution in [0.3, 0.4) is 0 Å². The summed E-state index contributed by atoms with van der Waals surface area (Å²) in [6.45, 7) is 2.84. The third kappa shape index (κ3) is 4.70. The van der Waals surface area contributed by atoms with Crippen LogP contribution in [-0.4, -0.2) is 12.5 Å². The zero-order chi connectivity index (χ0) is 17.5. The molecule has 0 aliphatic heterocycles. The summed E-state index contributed by atoms with van der Waals surface area (Å²) in [7, 11) is 0. The second kappa shape index (κ2) is 8.15. The number of carbonyl (C=O) groups excluding carboxylic acids is 1. The van der Waals surface area contributed by atoms with Crippen molar-refractivity contribution < 1.29 is 4.79 Å². The van der Waals surface area contributed by atoms with Gasteiger partial charge in [-0.15, -0.1) is 0 Å². The van der Waals surface area contributed by atoms with Crippen LogP contribution in [0.25, 0.3) is 0 Å². The second-order valence-electron chi connectivity index (χ2n) is 6.01. The molecule has 0 saturated carbocycles. The lowest BCUT2D eigenvalue weighted by molar-refractivity contribution is 0.102. The first-order valence-electron chi connectivity index (χ1n) is 8.47. The van der Waals surface area contributed by atoms with Gasteiger partial charge in [-0.1, -0.05) is 54.6 Å². The quantitative estimate of drug-likeness (QED) is 0.675. The van der Waals surface area contributed by atoms with Gasteiger partial charge in [-0.3, -0.25) is 4.79 Å². The predicted octanol–water partition coefficient (Wildman–Crippen LogP) is 4.90. The van der Waals surface area contributed by atoms with Crippen molar-refractivity contribution in [3.63, 3.8) is 0 Å². The maximum Gasteiger partial charge on any atom is 0.255 e. The van der Waals surface area contributed by atoms with Gasteiger partial charge < -0.3 is 10.6 Å². The van der Waals surface area contributed by atoms with Crippen molar-refractivity contribution in [3.05, 3.63) is 95.6 Å². The minimum atomic E-state index is -0.0925. The molecule has 3 rings (SSSR count). The molecule has 1 amide bonds. The Morgan fingerprint density at radius 3 is 2.28 bits per heavy atom. The van der Waals surface area contributed by atoms with Crippen LogP contribution >= 0.6 is 0 Å². The van der Waals surface area contributed by atoms with Gasteiger partial charge in [0.05, 0.1) is 0 Å². The first kappa shape index (κ1) is 16.8. The monoisotopic (exact) mass is 330 g/mol. The molecule has 0 heterocycles. The average Bonchev–Trinajstić information content (AvgIpc) is 2.66. The lowest BCUT2D eigenvalue weighted by Crippen LogP contribution is -2.13. The number of amides is 1. The van der Waals surface area contributed by atoms with Crippen LogP contribution in [0.4, 0.5) is 11.4 Å². The third-order valence-corrected chi connectivity index (χ3v) is 4.11. The summed E-state index contributed by atoms with van der Waals surface area (Å²) in [5, 5.41) is 6.42. The molecule has 0 unspecified atom stereocenters. The van der Waals surface area contributed by atoms with Gasteiger partial charge in [-0.2, -0.15) is 0 Å². The molecule has 3 nitrogen and oxygen atoms in total. The molecule has 0 saturated heterocycles. The van der Waals surface area contributed by atoms with E-state index < -0.39 is 0 Å². The van der Waals surface area contributed by atoms with E-state index >= 15 is 0 Å². The summed E-state index contributed by atoms with van der Waals surface area (Å²) in [6, 6.07) is 25.7. The third-order valence-electron chi connectivity index (χ3n) is 4.11. The Hall–Kier alpha value is -3.07. The van der Waals surface area contributed by atoms with Crippen molar-refractivity contribution in [2.45, 2.75) is 13.3 Å². The minimum absolute atomic E-state index is 0.0925. The average molecular weight is 330 g/mol. The number of anilines is 2. The summed E-state index contributed by atoms with van der Waals surface area (Å²) in [5.41, 5.74) is 4.84. The summed E-state index contributed by atoms with van der Waals surface area (Å²) >= 11 is 0. The fourth-order valence-corrected chi connectivity index (χ4v) is 2.65. The molecule has 0 spiro atoms. The Kier molecular flexibility index (Phi) is 5.47. The molecule has 3 heteroatoms. The molecule has 0 radical (unpaired) electrons. The second-order valence-corrected chi connectivity index (χ2v) is 6.01. The highest BCUT2D eigenvalue weighted by Crippen LogP contribution is 2.21. The number of aryl methyl sites for hydroxylation is 1. The summed E-state index contributed by atoms with van der Waals surface area (Å²) in [4.78, 5) is 12.3. The van der Waals surface area contributed by atoms with Crippen molar-refractivity contribution in [1.82, 2.24) is 0 Å². The smallest absolute Gasteiger partial charge is 0.255 e. The molecule has 0 bridgehead atoms. The van der Waals surface area contributed by atoms with Crippen molar-refractivity contribution in [1.29, 1.82) is 0 Å². The van der Waals surface area contributed by atoms with Crippen LogP contribution in [-0.2, 0) is 6.42 Å². The van der Waals surface area contributed by atoms with Crippen LogP contribution in [0.5, 0.6) is 0 Å². The standard InChI is InChI=1S/C22H22N2O/c1-17-12-13-20(23-15-14-18-8-4-2-5-9-18)16-21(17)24-22(25)19-10-6-3-7-11-19/h2-13,16,23H,14-15H2,1H3,(H,24,25). The van der Waals surface area contributed by atoms with Gasteiger partial charge in [0.25, 0.3) is 5.91 Å². The zero-order valence-electron chi connectivity index (χ0n) is 14.3. The number of carbonyl (C=O) groups is 1. The summed E-state index contributed by atoms with van der Waals surface area (Å²) < 4.78 is 0. The van der Waals surface area contributed by atoms with Gasteiger partial charge in [0.2, 0.25) is 0 Å². The maximum atomic E-state index is 12.3. The number of hydrogen-bond donors (Lipinski definition) is 2. The van der Waals surface area contributed by atoms with Gasteiger partial charge in [0.15, 0.2) is 0 Å². The Balaban J connectivity index is 1.63. The highest BCUT2D eigenvalue weighted by atomic mass is 16.1. The summed E-state index contributed by atoms with van der Waals surface area (Å²) in [6.07, 6.45) is 0.959. The lowest BCUT2D eigenvalue weighted by Gasteiger charge is -2.12. The molecular weight excluding hydrogens is 308 g/mol. The van der Waals surface area contributed by atoms with Gasteiger partial charge in [-0.05, 0) is 48.7 Å². The summed E-state index contributed by atoms with van der Waals surface area (Å²) in [5.74, 6) is -0.0925. The molecule has 3 aromatic carbocycles. The lowest BCUT2D eigenvalue weighted by atomic mass is 10.1. The van der Waals surface area contributed by atoms with Gasteiger partial charge in [0.1, 0.15) is 0 Å². The number of nitrogens with one attached hydrogen (secondary N) is 2. The molecule has 3 aromatic rings. The SMILES string of the molecule is Cc1ccc(NCCc2ccccc2)cc1NC(=O)c1ccccc1. The Morgan fingerprint density at radius 1 is 0.880 bits per heavy atom. The topological polar surface area (TPSA) is 41.1 Å². The van der Waals surface area contributed by atoms with Crippen LogP contribution in [0.1, 0.15) is 21.5 Å². The van der Waals surface area contributed by atoms with E-state index in [-0.39, 0.29) is 5.91 Å². The Morgan fingerprint density at radius 2 is 1.56 bits per heavy atom. The van der Waals surface area contributed by atoms with Crippen molar-refractivity contribution in [3.8, 4) is 0 Å². The Labute approximate surface area is 148 Å². The van der Waals surface area contributed by atoms with E-state index in [1.807, 2.05) is 61.5 Å². The van der Waals surface area contributed by atoms with Gasteiger partial charge in [-0.25, -0.2) is 0 Å². The molecule has 25 heavy (non-hydrogen) atoms. The van der Waals surface area contributed by atoms with E-state index in [1.54, 1.807) is 0 Å². The van der Waals surface area contributed by atoms with Crippen LogP contribution < -0.4 is 10.6 Å². The number of hydrogen-bond acceptors (Lipinski definition) is 2. The fourth-order valence-electron chi connectivity index (χ4n) is 2.65. The normalized spacial score (nSPS) is 10.3. The van der Waals surface area contributed by atoms with E-state index in [0.29, 0.717) is 5.56 Å². The van der Waals surface area contributed by atoms with E-state index in [9.17, 15) is 4.79 Å². The Bertz CT molecular complexity index is 829. The molecule has 2 N–H and O–H groups in total. The zero-order valence-corrected chi connectivity index (χ0v) is 14.3. The van der Waals surface area contributed by atoms with Crippen LogP contribution in [0.15, 0.2) is 78.9 Å². The van der Waals surface area contributed by atoms with Gasteiger partial charge >= 0.3 is 0 Å². The highest BCUT2D eigenvalue weighted by molar-refractivity contribution is 6.04. The maximum absolute atomic E-state index is 12.3. The minimum Gasteiger partial charge on any atom is -0.385 e. The van der Waals surface area contributed by atoms with E-state index in [0.717, 1.165) is 29.9 Å². The number of benzene rings is 3. The highest BCUT2D eigenvalue weighted by Gasteiger charge is 2.07. The van der Waals surface area contributed by atoms with Gasteiger partial charge in [0, 0.05) is 23.5 Å². The molecule has 126 valence electrons.